The van der Waals surface area contributed by atoms with Crippen molar-refractivity contribution in [3.63, 3.8) is 0 Å². The molecule has 1 aliphatic heterocycles. The average molecular weight is 208 g/mol. The van der Waals surface area contributed by atoms with Gasteiger partial charge in [-0.05, 0) is 35.4 Å². The molecule has 1 heterocycles. The van der Waals surface area contributed by atoms with Gasteiger partial charge in [-0.25, -0.2) is 0 Å². The van der Waals surface area contributed by atoms with Crippen molar-refractivity contribution < 1.29 is 9.90 Å². The summed E-state index contributed by atoms with van der Waals surface area (Å²) in [5.41, 5.74) is 3.16. The van der Waals surface area contributed by atoms with E-state index in [1.165, 1.54) is 11.1 Å². The maximum absolute atomic E-state index is 10.3. The van der Waals surface area contributed by atoms with Crippen molar-refractivity contribution in [2.75, 3.05) is 11.1 Å². The minimum absolute atomic E-state index is 0.603. The lowest BCUT2D eigenvalue weighted by Gasteiger charge is -2.17. The molecule has 0 atom stereocenters. The Balaban J connectivity index is 2.24. The van der Waals surface area contributed by atoms with Gasteiger partial charge in [-0.2, -0.15) is 11.8 Å². The molecule has 1 amide bonds. The summed E-state index contributed by atoms with van der Waals surface area (Å²) >= 11 is 1.87. The molecule has 0 spiro atoms. The van der Waals surface area contributed by atoms with E-state index in [0.717, 1.165) is 17.9 Å². The van der Waals surface area contributed by atoms with Crippen molar-refractivity contribution >= 4 is 23.5 Å². The van der Waals surface area contributed by atoms with Crippen LogP contribution in [0.2, 0.25) is 0 Å². The van der Waals surface area contributed by atoms with Crippen molar-refractivity contribution in [3.05, 3.63) is 29.3 Å². The number of aryl methyl sites for hydroxylation is 1. The fourth-order valence-electron chi connectivity index (χ4n) is 1.56. The molecule has 1 aromatic rings. The van der Waals surface area contributed by atoms with Gasteiger partial charge in [0.15, 0.2) is 0 Å². The number of carbonyl (C=O) groups is 1. The number of thioether (sulfide) groups is 1. The molecule has 0 bridgehead atoms. The van der Waals surface area contributed by atoms with E-state index in [4.69, 9.17) is 0 Å². The summed E-state index contributed by atoms with van der Waals surface area (Å²) in [5, 5.41) is 12.6. The summed E-state index contributed by atoms with van der Waals surface area (Å²) in [4.78, 5) is 10.3. The molecule has 0 saturated carbocycles. The normalized spacial score (nSPS) is 14.6. The maximum Gasteiger partial charge on any atom is 0.138 e. The summed E-state index contributed by atoms with van der Waals surface area (Å²) in [6.45, 7) is 0. The van der Waals surface area contributed by atoms with Crippen LogP contribution in [0.3, 0.4) is 0 Å². The first-order valence-corrected chi connectivity index (χ1v) is 5.59. The predicted molar refractivity (Wildman–Crippen MR) is 55.3 cm³/mol. The van der Waals surface area contributed by atoms with Crippen molar-refractivity contribution in [3.8, 4) is 0 Å². The molecule has 1 aromatic carbocycles. The van der Waals surface area contributed by atoms with Gasteiger partial charge in [0, 0.05) is 11.4 Å². The maximum atomic E-state index is 10.3. The van der Waals surface area contributed by atoms with E-state index in [1.807, 2.05) is 23.9 Å². The van der Waals surface area contributed by atoms with E-state index >= 15 is 0 Å². The Morgan fingerprint density at radius 3 is 3.07 bits per heavy atom. The standard InChI is InChI=1S/C10H11NO2S/c12-10(13)11-9-2-1-7-3-4-14-6-8(7)5-9/h1-2,5,11H,3-4,6H2,(H,12,13)/p-1. The Bertz CT molecular complexity index is 365. The van der Waals surface area contributed by atoms with E-state index < -0.39 is 6.09 Å². The van der Waals surface area contributed by atoms with Crippen LogP contribution in [0.4, 0.5) is 10.5 Å². The minimum atomic E-state index is -1.26. The van der Waals surface area contributed by atoms with E-state index in [1.54, 1.807) is 6.07 Å². The van der Waals surface area contributed by atoms with Gasteiger partial charge in [0.25, 0.3) is 0 Å². The first-order chi connectivity index (χ1) is 6.75. The van der Waals surface area contributed by atoms with Gasteiger partial charge in [-0.15, -0.1) is 0 Å². The smallest absolute Gasteiger partial charge is 0.138 e. The molecule has 14 heavy (non-hydrogen) atoms. The quantitative estimate of drug-likeness (QED) is 0.755. The second kappa shape index (κ2) is 3.92. The van der Waals surface area contributed by atoms with Crippen molar-refractivity contribution in [1.82, 2.24) is 0 Å². The van der Waals surface area contributed by atoms with Gasteiger partial charge >= 0.3 is 0 Å². The number of carboxylic acid groups (broad SMARTS) is 1. The van der Waals surface area contributed by atoms with Crippen molar-refractivity contribution in [2.45, 2.75) is 12.2 Å². The molecule has 1 N–H and O–H groups in total. The molecule has 0 radical (unpaired) electrons. The number of rotatable bonds is 1. The third-order valence-electron chi connectivity index (χ3n) is 2.23. The highest BCUT2D eigenvalue weighted by Crippen LogP contribution is 2.26. The number of amides is 1. The first kappa shape index (κ1) is 9.40. The van der Waals surface area contributed by atoms with Gasteiger partial charge in [0.1, 0.15) is 6.09 Å². The Morgan fingerprint density at radius 2 is 2.29 bits per heavy atom. The van der Waals surface area contributed by atoms with E-state index in [9.17, 15) is 9.90 Å². The second-order valence-electron chi connectivity index (χ2n) is 3.20. The highest BCUT2D eigenvalue weighted by molar-refractivity contribution is 7.98. The first-order valence-electron chi connectivity index (χ1n) is 4.43. The predicted octanol–water partition coefficient (Wildman–Crippen LogP) is 1.23. The molecule has 2 rings (SSSR count). The van der Waals surface area contributed by atoms with Crippen LogP contribution in [0.25, 0.3) is 0 Å². The van der Waals surface area contributed by atoms with Gasteiger partial charge in [-0.1, -0.05) is 6.07 Å². The summed E-state index contributed by atoms with van der Waals surface area (Å²) in [7, 11) is 0. The van der Waals surface area contributed by atoms with Crippen LogP contribution in [-0.2, 0) is 12.2 Å². The van der Waals surface area contributed by atoms with Crippen LogP contribution < -0.4 is 10.4 Å². The zero-order valence-corrected chi connectivity index (χ0v) is 8.39. The van der Waals surface area contributed by atoms with Crippen LogP contribution >= 0.6 is 11.8 Å². The van der Waals surface area contributed by atoms with Crippen LogP contribution in [-0.4, -0.2) is 11.8 Å². The molecule has 0 aliphatic carbocycles. The van der Waals surface area contributed by atoms with Gasteiger partial charge in [0.05, 0.1) is 0 Å². The van der Waals surface area contributed by atoms with Gasteiger partial charge < -0.3 is 15.2 Å². The second-order valence-corrected chi connectivity index (χ2v) is 4.30. The van der Waals surface area contributed by atoms with Gasteiger partial charge in [0.2, 0.25) is 0 Å². The average Bonchev–Trinajstić information content (AvgIpc) is 2.17. The molecule has 4 heteroatoms. The van der Waals surface area contributed by atoms with Crippen LogP contribution in [0, 0.1) is 0 Å². The SMILES string of the molecule is O=C([O-])Nc1ccc2c(c1)CSCC2. The highest BCUT2D eigenvalue weighted by atomic mass is 32.2. The van der Waals surface area contributed by atoms with Gasteiger partial charge in [-0.3, -0.25) is 0 Å². The summed E-state index contributed by atoms with van der Waals surface area (Å²) < 4.78 is 0. The Kier molecular flexibility index (Phi) is 2.63. The van der Waals surface area contributed by atoms with Crippen LogP contribution in [0.15, 0.2) is 18.2 Å². The summed E-state index contributed by atoms with van der Waals surface area (Å²) in [6, 6.07) is 5.65. The van der Waals surface area contributed by atoms with E-state index in [0.29, 0.717) is 5.69 Å². The number of carbonyl (C=O) groups excluding carboxylic acids is 1. The minimum Gasteiger partial charge on any atom is -0.530 e. The largest absolute Gasteiger partial charge is 0.530 e. The lowest BCUT2D eigenvalue weighted by Crippen LogP contribution is -2.28. The number of hydrogen-bond donors (Lipinski definition) is 1. The molecule has 74 valence electrons. The number of hydrogen-bond acceptors (Lipinski definition) is 3. The highest BCUT2D eigenvalue weighted by Gasteiger charge is 2.09. The van der Waals surface area contributed by atoms with Crippen molar-refractivity contribution in [2.24, 2.45) is 0 Å². The molecule has 1 aliphatic rings. The summed E-state index contributed by atoms with van der Waals surface area (Å²) in [6.07, 6.45) is -0.181. The Morgan fingerprint density at radius 1 is 1.43 bits per heavy atom. The Hall–Kier alpha value is -1.16. The molecular formula is C10H10NO2S-. The lowest BCUT2D eigenvalue weighted by molar-refractivity contribution is -0.242. The van der Waals surface area contributed by atoms with Crippen molar-refractivity contribution in [1.29, 1.82) is 0 Å². The Labute approximate surface area is 86.5 Å². The molecular weight excluding hydrogens is 198 g/mol. The number of fused-ring (bicyclic) bond motifs is 1. The third-order valence-corrected chi connectivity index (χ3v) is 3.23. The molecule has 0 fully saturated rings. The molecule has 0 saturated heterocycles. The number of nitrogens with one attached hydrogen (secondary N) is 1. The molecule has 0 unspecified atom stereocenters. The van der Waals surface area contributed by atoms with Crippen LogP contribution in [0.5, 0.6) is 0 Å². The zero-order valence-electron chi connectivity index (χ0n) is 7.58. The van der Waals surface area contributed by atoms with Crippen LogP contribution in [0.1, 0.15) is 11.1 Å². The zero-order chi connectivity index (χ0) is 9.97. The summed E-state index contributed by atoms with van der Waals surface area (Å²) in [5.74, 6) is 2.12. The third kappa shape index (κ3) is 2.01. The molecule has 0 aromatic heterocycles. The fraction of sp³-hybridized carbons (Fsp3) is 0.300. The monoisotopic (exact) mass is 208 g/mol. The number of benzene rings is 1. The topological polar surface area (TPSA) is 52.2 Å². The fourth-order valence-corrected chi connectivity index (χ4v) is 2.56. The van der Waals surface area contributed by atoms with E-state index in [-0.39, 0.29) is 0 Å². The molecule has 3 nitrogen and oxygen atoms in total. The van der Waals surface area contributed by atoms with E-state index in [2.05, 4.69) is 5.32 Å². The lowest BCUT2D eigenvalue weighted by atomic mass is 10.1. The number of anilines is 1.